The van der Waals surface area contributed by atoms with Crippen LogP contribution < -0.4 is 5.32 Å². The van der Waals surface area contributed by atoms with Crippen molar-refractivity contribution >= 4 is 10.2 Å². The van der Waals surface area contributed by atoms with Crippen LogP contribution in [0, 0.1) is 0 Å². The topological polar surface area (TPSA) is 61.9 Å². The highest BCUT2D eigenvalue weighted by molar-refractivity contribution is 7.86. The van der Waals surface area contributed by atoms with Gasteiger partial charge in [-0.3, -0.25) is 0 Å². The number of nitrogens with zero attached hydrogens (tertiary/aromatic N) is 2. The van der Waals surface area contributed by atoms with Gasteiger partial charge < -0.3 is 10.1 Å². The highest BCUT2D eigenvalue weighted by Gasteiger charge is 2.30. The lowest BCUT2D eigenvalue weighted by Crippen LogP contribution is -2.50. The van der Waals surface area contributed by atoms with E-state index < -0.39 is 10.2 Å². The second-order valence-corrected chi connectivity index (χ2v) is 7.37. The minimum absolute atomic E-state index is 0.0282. The molecule has 7 heteroatoms. The minimum atomic E-state index is -3.34. The summed E-state index contributed by atoms with van der Waals surface area (Å²) < 4.78 is 33.0. The Hall–Kier alpha value is -0.210. The SMILES string of the molecule is CC(C)NCCCN(C)S(=O)(=O)N1CCOC(C)C1. The molecule has 1 N–H and O–H groups in total. The molecular weight excluding hydrogens is 266 g/mol. The van der Waals surface area contributed by atoms with Gasteiger partial charge >= 0.3 is 0 Å². The molecule has 1 rings (SSSR count). The smallest absolute Gasteiger partial charge is 0.281 e. The van der Waals surface area contributed by atoms with Crippen LogP contribution in [-0.4, -0.2) is 69.0 Å². The molecule has 1 fully saturated rings. The van der Waals surface area contributed by atoms with Crippen LogP contribution in [-0.2, 0) is 14.9 Å². The first kappa shape index (κ1) is 16.8. The van der Waals surface area contributed by atoms with Crippen molar-refractivity contribution in [3.05, 3.63) is 0 Å². The standard InChI is InChI=1S/C12H27N3O3S/c1-11(2)13-6-5-7-14(4)19(16,17)15-8-9-18-12(3)10-15/h11-13H,5-10H2,1-4H3. The number of hydrogen-bond acceptors (Lipinski definition) is 4. The van der Waals surface area contributed by atoms with Gasteiger partial charge in [-0.05, 0) is 19.9 Å². The van der Waals surface area contributed by atoms with E-state index >= 15 is 0 Å². The second-order valence-electron chi connectivity index (χ2n) is 5.33. The van der Waals surface area contributed by atoms with Crippen molar-refractivity contribution in [1.29, 1.82) is 0 Å². The Balaban J connectivity index is 2.42. The largest absolute Gasteiger partial charge is 0.376 e. The zero-order valence-electron chi connectivity index (χ0n) is 12.4. The Morgan fingerprint density at radius 2 is 2.16 bits per heavy atom. The Labute approximate surface area is 117 Å². The summed E-state index contributed by atoms with van der Waals surface area (Å²) in [5, 5.41) is 3.28. The Kier molecular flexibility index (Phi) is 6.68. The van der Waals surface area contributed by atoms with Gasteiger partial charge in [0, 0.05) is 32.7 Å². The van der Waals surface area contributed by atoms with Crippen LogP contribution in [0.5, 0.6) is 0 Å². The molecule has 1 heterocycles. The average Bonchev–Trinajstić information content (AvgIpc) is 2.34. The van der Waals surface area contributed by atoms with Crippen LogP contribution in [0.3, 0.4) is 0 Å². The van der Waals surface area contributed by atoms with E-state index in [1.165, 1.54) is 8.61 Å². The molecule has 1 aliphatic heterocycles. The van der Waals surface area contributed by atoms with Crippen molar-refractivity contribution in [3.8, 4) is 0 Å². The molecule has 1 unspecified atom stereocenters. The molecule has 0 amide bonds. The molecule has 114 valence electrons. The maximum atomic E-state index is 12.3. The first-order valence-electron chi connectivity index (χ1n) is 6.90. The van der Waals surface area contributed by atoms with Crippen molar-refractivity contribution < 1.29 is 13.2 Å². The molecule has 0 spiro atoms. The fourth-order valence-electron chi connectivity index (χ4n) is 2.00. The Morgan fingerprint density at radius 3 is 2.74 bits per heavy atom. The summed E-state index contributed by atoms with van der Waals surface area (Å²) in [5.74, 6) is 0. The number of hydrogen-bond donors (Lipinski definition) is 1. The zero-order chi connectivity index (χ0) is 14.5. The summed E-state index contributed by atoms with van der Waals surface area (Å²) in [5.41, 5.74) is 0. The van der Waals surface area contributed by atoms with Crippen LogP contribution in [0.4, 0.5) is 0 Å². The van der Waals surface area contributed by atoms with Crippen molar-refractivity contribution in [1.82, 2.24) is 13.9 Å². The molecule has 0 radical (unpaired) electrons. The fourth-order valence-corrected chi connectivity index (χ4v) is 3.46. The molecular formula is C12H27N3O3S. The highest BCUT2D eigenvalue weighted by atomic mass is 32.2. The van der Waals surface area contributed by atoms with E-state index in [0.717, 1.165) is 13.0 Å². The molecule has 1 atom stereocenters. The Bertz CT molecular complexity index is 359. The summed E-state index contributed by atoms with van der Waals surface area (Å²) in [6, 6.07) is 0.432. The van der Waals surface area contributed by atoms with Gasteiger partial charge in [0.2, 0.25) is 0 Å². The quantitative estimate of drug-likeness (QED) is 0.685. The number of rotatable bonds is 7. The van der Waals surface area contributed by atoms with Crippen molar-refractivity contribution in [3.63, 3.8) is 0 Å². The fraction of sp³-hybridized carbons (Fsp3) is 1.00. The second kappa shape index (κ2) is 7.54. The maximum Gasteiger partial charge on any atom is 0.281 e. The molecule has 0 aromatic heterocycles. The molecule has 0 bridgehead atoms. The van der Waals surface area contributed by atoms with E-state index in [1.54, 1.807) is 7.05 Å². The van der Waals surface area contributed by atoms with Gasteiger partial charge in [-0.1, -0.05) is 13.8 Å². The van der Waals surface area contributed by atoms with Gasteiger partial charge in [-0.2, -0.15) is 17.0 Å². The summed E-state index contributed by atoms with van der Waals surface area (Å²) in [6.07, 6.45) is 0.785. The first-order valence-corrected chi connectivity index (χ1v) is 8.30. The van der Waals surface area contributed by atoms with E-state index in [0.29, 0.717) is 32.3 Å². The third-order valence-electron chi connectivity index (χ3n) is 3.13. The van der Waals surface area contributed by atoms with Gasteiger partial charge in [-0.15, -0.1) is 0 Å². The maximum absolute atomic E-state index is 12.3. The summed E-state index contributed by atoms with van der Waals surface area (Å²) >= 11 is 0. The number of nitrogens with one attached hydrogen (secondary N) is 1. The van der Waals surface area contributed by atoms with E-state index in [-0.39, 0.29) is 6.10 Å². The van der Waals surface area contributed by atoms with Crippen molar-refractivity contribution in [2.75, 3.05) is 39.8 Å². The van der Waals surface area contributed by atoms with E-state index in [2.05, 4.69) is 19.2 Å². The normalized spacial score (nSPS) is 22.3. The molecule has 0 aromatic rings. The average molecular weight is 293 g/mol. The molecule has 6 nitrogen and oxygen atoms in total. The zero-order valence-corrected chi connectivity index (χ0v) is 13.2. The third kappa shape index (κ3) is 5.35. The van der Waals surface area contributed by atoms with Crippen LogP contribution in [0.15, 0.2) is 0 Å². The van der Waals surface area contributed by atoms with Crippen molar-refractivity contribution in [2.24, 2.45) is 0 Å². The molecule has 1 aliphatic rings. The predicted molar refractivity (Wildman–Crippen MR) is 76.3 cm³/mol. The first-order chi connectivity index (χ1) is 8.84. The molecule has 0 saturated carbocycles. The molecule has 1 saturated heterocycles. The lowest BCUT2D eigenvalue weighted by Gasteiger charge is -2.33. The summed E-state index contributed by atoms with van der Waals surface area (Å²) in [7, 11) is -1.69. The van der Waals surface area contributed by atoms with Gasteiger partial charge in [0.15, 0.2) is 0 Å². The van der Waals surface area contributed by atoms with Crippen molar-refractivity contribution in [2.45, 2.75) is 39.3 Å². The third-order valence-corrected chi connectivity index (χ3v) is 5.08. The highest BCUT2D eigenvalue weighted by Crippen LogP contribution is 2.12. The lowest BCUT2D eigenvalue weighted by molar-refractivity contribution is 0.00853. The molecule has 0 aromatic carbocycles. The monoisotopic (exact) mass is 293 g/mol. The summed E-state index contributed by atoms with van der Waals surface area (Å²) in [4.78, 5) is 0. The van der Waals surface area contributed by atoms with Gasteiger partial charge in [0.25, 0.3) is 10.2 Å². The van der Waals surface area contributed by atoms with Crippen LogP contribution in [0.2, 0.25) is 0 Å². The lowest BCUT2D eigenvalue weighted by atomic mass is 10.3. The van der Waals surface area contributed by atoms with E-state index in [4.69, 9.17) is 4.74 Å². The summed E-state index contributed by atoms with van der Waals surface area (Å²) in [6.45, 7) is 8.78. The molecule has 0 aliphatic carbocycles. The Morgan fingerprint density at radius 1 is 1.47 bits per heavy atom. The van der Waals surface area contributed by atoms with E-state index in [1.807, 2.05) is 6.92 Å². The van der Waals surface area contributed by atoms with Gasteiger partial charge in [0.1, 0.15) is 0 Å². The number of morpholine rings is 1. The van der Waals surface area contributed by atoms with Crippen LogP contribution >= 0.6 is 0 Å². The predicted octanol–water partition coefficient (Wildman–Crippen LogP) is 0.272. The van der Waals surface area contributed by atoms with Gasteiger partial charge in [0.05, 0.1) is 12.7 Å². The van der Waals surface area contributed by atoms with Crippen LogP contribution in [0.1, 0.15) is 27.2 Å². The molecule has 19 heavy (non-hydrogen) atoms. The van der Waals surface area contributed by atoms with Crippen LogP contribution in [0.25, 0.3) is 0 Å². The minimum Gasteiger partial charge on any atom is -0.376 e. The number of ether oxygens (including phenoxy) is 1. The van der Waals surface area contributed by atoms with Gasteiger partial charge in [-0.25, -0.2) is 0 Å². The van der Waals surface area contributed by atoms with E-state index in [9.17, 15) is 8.42 Å².